The fourth-order valence-corrected chi connectivity index (χ4v) is 4.84. The van der Waals surface area contributed by atoms with E-state index in [-0.39, 0.29) is 6.42 Å². The number of carbonyl (C=O) groups is 1. The highest BCUT2D eigenvalue weighted by Gasteiger charge is 2.10. The fraction of sp³-hybridized carbons (Fsp3) is 0.571. The molecule has 0 saturated carbocycles. The second-order valence-electron chi connectivity index (χ2n) is 3.53. The minimum absolute atomic E-state index is 0.171. The van der Waals surface area contributed by atoms with Crippen molar-refractivity contribution in [3.8, 4) is 0 Å². The average Bonchev–Trinajstić information content (AvgIpc) is 1.53. The van der Waals surface area contributed by atoms with Crippen LogP contribution in [0.15, 0.2) is 9.28 Å². The molecule has 0 aliphatic rings. The highest BCUT2D eigenvalue weighted by molar-refractivity contribution is 14.1. The van der Waals surface area contributed by atoms with Gasteiger partial charge in [0.05, 0.1) is 14.5 Å². The number of hydrogen-bond acceptors (Lipinski definition) is 1. The molecule has 0 aromatic carbocycles. The second kappa shape index (κ2) is 4.25. The molecular weight excluding hydrogens is 271 g/mol. The molecular formula is C7H13IO2Si. The van der Waals surface area contributed by atoms with Crippen LogP contribution in [-0.2, 0) is 4.79 Å². The Morgan fingerprint density at radius 2 is 2.00 bits per heavy atom. The van der Waals surface area contributed by atoms with Crippen molar-refractivity contribution in [2.75, 3.05) is 0 Å². The van der Waals surface area contributed by atoms with Gasteiger partial charge in [-0.05, 0) is 26.2 Å². The predicted octanol–water partition coefficient (Wildman–Crippen LogP) is 2.66. The molecule has 4 heteroatoms. The third-order valence-electron chi connectivity index (χ3n) is 0.910. The van der Waals surface area contributed by atoms with Crippen molar-refractivity contribution in [3.63, 3.8) is 0 Å². The minimum Gasteiger partial charge on any atom is -0.481 e. The van der Waals surface area contributed by atoms with E-state index in [0.29, 0.717) is 0 Å². The van der Waals surface area contributed by atoms with Gasteiger partial charge in [0.25, 0.3) is 0 Å². The number of hydrogen-bond donors (Lipinski definition) is 1. The Bertz CT molecular complexity index is 181. The van der Waals surface area contributed by atoms with Crippen LogP contribution in [0, 0.1) is 0 Å². The van der Waals surface area contributed by atoms with Gasteiger partial charge in [-0.3, -0.25) is 4.79 Å². The van der Waals surface area contributed by atoms with Crippen molar-refractivity contribution in [2.24, 2.45) is 0 Å². The molecule has 64 valence electrons. The van der Waals surface area contributed by atoms with E-state index in [1.54, 1.807) is 0 Å². The zero-order chi connectivity index (χ0) is 9.07. The molecule has 11 heavy (non-hydrogen) atoms. The number of aliphatic carboxylic acids is 1. The van der Waals surface area contributed by atoms with Crippen LogP contribution in [0.1, 0.15) is 6.42 Å². The summed E-state index contributed by atoms with van der Waals surface area (Å²) in [5.74, 6) is -0.746. The van der Waals surface area contributed by atoms with E-state index in [2.05, 4.69) is 47.9 Å². The summed E-state index contributed by atoms with van der Waals surface area (Å²) in [7, 11) is -1.22. The van der Waals surface area contributed by atoms with Gasteiger partial charge in [0.1, 0.15) is 0 Å². The Balaban J connectivity index is 4.12. The summed E-state index contributed by atoms with van der Waals surface area (Å²) in [6, 6.07) is 0. The maximum Gasteiger partial charge on any atom is 0.308 e. The van der Waals surface area contributed by atoms with E-state index < -0.39 is 14.0 Å². The topological polar surface area (TPSA) is 37.3 Å². The molecule has 0 heterocycles. The van der Waals surface area contributed by atoms with E-state index in [1.807, 2.05) is 0 Å². The quantitative estimate of drug-likeness (QED) is 0.639. The smallest absolute Gasteiger partial charge is 0.308 e. The van der Waals surface area contributed by atoms with Crippen molar-refractivity contribution < 1.29 is 9.90 Å². The van der Waals surface area contributed by atoms with E-state index in [1.165, 1.54) is 0 Å². The van der Waals surface area contributed by atoms with Crippen LogP contribution in [0.2, 0.25) is 19.6 Å². The highest BCUT2D eigenvalue weighted by Crippen LogP contribution is 2.16. The lowest BCUT2D eigenvalue weighted by atomic mass is 10.4. The van der Waals surface area contributed by atoms with Gasteiger partial charge in [-0.2, -0.15) is 0 Å². The fourth-order valence-electron chi connectivity index (χ4n) is 0.665. The molecule has 1 N–H and O–H groups in total. The monoisotopic (exact) mass is 284 g/mol. The van der Waals surface area contributed by atoms with Gasteiger partial charge in [0.2, 0.25) is 0 Å². The first-order valence-corrected chi connectivity index (χ1v) is 8.06. The molecule has 2 nitrogen and oxygen atoms in total. The molecule has 0 bridgehead atoms. The normalized spacial score (nSPS) is 13.3. The molecule has 0 atom stereocenters. The molecule has 0 unspecified atom stereocenters. The third kappa shape index (κ3) is 8.06. The first-order valence-electron chi connectivity index (χ1n) is 3.40. The van der Waals surface area contributed by atoms with E-state index in [4.69, 9.17) is 5.11 Å². The molecule has 0 spiro atoms. The van der Waals surface area contributed by atoms with Crippen LogP contribution < -0.4 is 0 Å². The summed E-state index contributed by atoms with van der Waals surface area (Å²) < 4.78 is 0.953. The van der Waals surface area contributed by atoms with Crippen molar-refractivity contribution in [1.29, 1.82) is 0 Å². The maximum atomic E-state index is 10.3. The van der Waals surface area contributed by atoms with Gasteiger partial charge in [-0.15, -0.1) is 0 Å². The van der Waals surface area contributed by atoms with Crippen molar-refractivity contribution in [2.45, 2.75) is 26.1 Å². The summed E-state index contributed by atoms with van der Waals surface area (Å²) in [5.41, 5.74) is 2.11. The second-order valence-corrected chi connectivity index (χ2v) is 9.93. The van der Waals surface area contributed by atoms with E-state index >= 15 is 0 Å². The molecule has 0 aliphatic carbocycles. The van der Waals surface area contributed by atoms with Gasteiger partial charge < -0.3 is 5.11 Å². The first kappa shape index (κ1) is 11.2. The van der Waals surface area contributed by atoms with Crippen LogP contribution in [-0.4, -0.2) is 19.1 Å². The number of halogens is 1. The minimum atomic E-state index is -1.22. The first-order chi connectivity index (χ1) is 4.81. The summed E-state index contributed by atoms with van der Waals surface area (Å²) >= 11 is 2.10. The molecule has 0 fully saturated rings. The van der Waals surface area contributed by atoms with Crippen LogP contribution in [0.5, 0.6) is 0 Å². The summed E-state index contributed by atoms with van der Waals surface area (Å²) in [5, 5.41) is 8.45. The molecule has 0 aromatic rings. The number of carboxylic acid groups (broad SMARTS) is 1. The summed E-state index contributed by atoms with van der Waals surface area (Å²) in [4.78, 5) is 10.3. The van der Waals surface area contributed by atoms with Gasteiger partial charge in [0.15, 0.2) is 0 Å². The zero-order valence-corrected chi connectivity index (χ0v) is 10.2. The number of carboxylic acids is 1. The largest absolute Gasteiger partial charge is 0.481 e. The summed E-state index contributed by atoms with van der Waals surface area (Å²) in [6.45, 7) is 6.56. The standard InChI is InChI=1S/C7H13IO2Si/c1-11(2,3)5-6(8)4-7(9)10/h5H,4H2,1-3H3,(H,9,10)/b6-5-. The Morgan fingerprint density at radius 3 is 2.27 bits per heavy atom. The van der Waals surface area contributed by atoms with Crippen molar-refractivity contribution in [3.05, 3.63) is 9.28 Å². The Hall–Kier alpha value is 0.157. The summed E-state index contributed by atoms with van der Waals surface area (Å²) in [6.07, 6.45) is 0.171. The Kier molecular flexibility index (Phi) is 4.31. The molecule has 0 radical (unpaired) electrons. The average molecular weight is 284 g/mol. The molecule has 0 aliphatic heterocycles. The van der Waals surface area contributed by atoms with Crippen LogP contribution in [0.4, 0.5) is 0 Å². The van der Waals surface area contributed by atoms with Crippen molar-refractivity contribution >= 4 is 36.6 Å². The Morgan fingerprint density at radius 1 is 1.55 bits per heavy atom. The molecule has 0 saturated heterocycles. The van der Waals surface area contributed by atoms with Gasteiger partial charge >= 0.3 is 5.97 Å². The van der Waals surface area contributed by atoms with Crippen molar-refractivity contribution in [1.82, 2.24) is 0 Å². The molecule has 0 aromatic heterocycles. The van der Waals surface area contributed by atoms with Crippen LogP contribution in [0.3, 0.4) is 0 Å². The maximum absolute atomic E-state index is 10.3. The molecule has 0 rings (SSSR count). The van der Waals surface area contributed by atoms with Gasteiger partial charge in [-0.25, -0.2) is 0 Å². The lowest BCUT2D eigenvalue weighted by molar-refractivity contribution is -0.136. The lowest BCUT2D eigenvalue weighted by Gasteiger charge is -2.09. The van der Waals surface area contributed by atoms with E-state index in [9.17, 15) is 4.79 Å². The number of rotatable bonds is 3. The lowest BCUT2D eigenvalue weighted by Crippen LogP contribution is -2.16. The predicted molar refractivity (Wildman–Crippen MR) is 57.7 cm³/mol. The van der Waals surface area contributed by atoms with E-state index in [0.717, 1.165) is 3.58 Å². The third-order valence-corrected chi connectivity index (χ3v) is 3.40. The Labute approximate surface area is 81.8 Å². The van der Waals surface area contributed by atoms with Gasteiger partial charge in [-0.1, -0.05) is 25.3 Å². The SMILES string of the molecule is C[Si](C)(C)/C=C(\I)CC(=O)O. The van der Waals surface area contributed by atoms with Gasteiger partial charge in [0, 0.05) is 0 Å². The van der Waals surface area contributed by atoms with Crippen LogP contribution >= 0.6 is 22.6 Å². The zero-order valence-electron chi connectivity index (χ0n) is 7.02. The molecule has 0 amide bonds. The highest BCUT2D eigenvalue weighted by atomic mass is 127. The van der Waals surface area contributed by atoms with Crippen LogP contribution in [0.25, 0.3) is 0 Å².